The number of hydrogen-bond donors (Lipinski definition) is 1. The summed E-state index contributed by atoms with van der Waals surface area (Å²) in [5, 5.41) is 10.9. The Hall–Kier alpha value is -2.48. The molecule has 1 saturated heterocycles. The summed E-state index contributed by atoms with van der Waals surface area (Å²) in [6, 6.07) is 9.49. The van der Waals surface area contributed by atoms with Crippen LogP contribution in [-0.4, -0.2) is 68.1 Å². The molecule has 1 fully saturated rings. The third kappa shape index (κ3) is 3.29. The van der Waals surface area contributed by atoms with Gasteiger partial charge in [-0.3, -0.25) is 9.69 Å². The predicted molar refractivity (Wildman–Crippen MR) is 97.2 cm³/mol. The number of fused-ring (bicyclic) bond motifs is 1. The van der Waals surface area contributed by atoms with Crippen molar-refractivity contribution in [3.05, 3.63) is 35.4 Å². The summed E-state index contributed by atoms with van der Waals surface area (Å²) in [6.07, 6.45) is 4.37. The van der Waals surface area contributed by atoms with Crippen LogP contribution in [0.3, 0.4) is 0 Å². The quantitative estimate of drug-likeness (QED) is 0.850. The van der Waals surface area contributed by atoms with Gasteiger partial charge in [0.2, 0.25) is 11.9 Å². The van der Waals surface area contributed by atoms with Crippen LogP contribution in [0.2, 0.25) is 0 Å². The van der Waals surface area contributed by atoms with Crippen LogP contribution in [-0.2, 0) is 24.2 Å². The Kier molecular flexibility index (Phi) is 4.58. The topological polar surface area (TPSA) is 93.2 Å². The summed E-state index contributed by atoms with van der Waals surface area (Å²) in [7, 11) is 1.88. The van der Waals surface area contributed by atoms with Gasteiger partial charge in [-0.2, -0.15) is 0 Å². The van der Waals surface area contributed by atoms with Crippen LogP contribution in [0.1, 0.15) is 24.0 Å². The number of nitrogens with two attached hydrogens (primary N) is 1. The molecule has 0 radical (unpaired) electrons. The number of piperidine rings is 1. The molecule has 0 saturated carbocycles. The van der Waals surface area contributed by atoms with Crippen LogP contribution in [0.5, 0.6) is 0 Å². The van der Waals surface area contributed by atoms with Crippen LogP contribution >= 0.6 is 0 Å². The number of tetrazole rings is 1. The minimum absolute atomic E-state index is 0.00874. The van der Waals surface area contributed by atoms with Crippen LogP contribution in [0.15, 0.2) is 24.3 Å². The average molecular weight is 355 g/mol. The minimum atomic E-state index is -0.00874. The van der Waals surface area contributed by atoms with E-state index in [1.54, 1.807) is 0 Å². The van der Waals surface area contributed by atoms with Crippen molar-refractivity contribution >= 4 is 11.9 Å². The predicted octanol–water partition coefficient (Wildman–Crippen LogP) is 0.346. The highest BCUT2D eigenvalue weighted by Gasteiger charge is 2.32. The van der Waals surface area contributed by atoms with Crippen molar-refractivity contribution in [3.63, 3.8) is 0 Å². The molecule has 4 rings (SSSR count). The van der Waals surface area contributed by atoms with Crippen molar-refractivity contribution in [1.82, 2.24) is 30.0 Å². The van der Waals surface area contributed by atoms with Gasteiger partial charge >= 0.3 is 0 Å². The van der Waals surface area contributed by atoms with E-state index in [1.807, 2.05) is 11.9 Å². The highest BCUT2D eigenvalue weighted by atomic mass is 16.2. The molecule has 2 aromatic rings. The van der Waals surface area contributed by atoms with Gasteiger partial charge in [0.1, 0.15) is 6.54 Å². The van der Waals surface area contributed by atoms with Gasteiger partial charge in [-0.05, 0) is 53.8 Å². The maximum atomic E-state index is 12.6. The molecule has 1 aromatic heterocycles. The molecule has 0 unspecified atom stereocenters. The van der Waals surface area contributed by atoms with Gasteiger partial charge in [0.25, 0.3) is 0 Å². The number of likely N-dealkylation sites (tertiary alicyclic amines) is 1. The van der Waals surface area contributed by atoms with Gasteiger partial charge < -0.3 is 10.6 Å². The molecule has 1 aromatic carbocycles. The van der Waals surface area contributed by atoms with Gasteiger partial charge in [-0.15, -0.1) is 0 Å². The number of hydrogen-bond acceptors (Lipinski definition) is 6. The number of likely N-dealkylation sites (N-methyl/N-ethyl adjacent to an activating group) is 1. The molecular weight excluding hydrogens is 330 g/mol. The molecule has 1 amide bonds. The first-order chi connectivity index (χ1) is 12.6. The molecule has 1 aliphatic carbocycles. The van der Waals surface area contributed by atoms with Crippen molar-refractivity contribution in [2.75, 3.05) is 25.9 Å². The summed E-state index contributed by atoms with van der Waals surface area (Å²) in [4.78, 5) is 17.0. The lowest BCUT2D eigenvalue weighted by molar-refractivity contribution is -0.134. The fourth-order valence-electron chi connectivity index (χ4n) is 4.19. The Morgan fingerprint density at radius 3 is 2.69 bits per heavy atom. The fraction of sp³-hybridized carbons (Fsp3) is 0.556. The van der Waals surface area contributed by atoms with E-state index in [0.717, 1.165) is 38.8 Å². The van der Waals surface area contributed by atoms with Crippen molar-refractivity contribution < 1.29 is 4.79 Å². The SMILES string of the molecule is CN(C(=O)Cn1nnnc1N)[C@H]1CCCN(C2Cc3ccccc3C2)C1. The maximum Gasteiger partial charge on any atom is 0.244 e. The van der Waals surface area contributed by atoms with Gasteiger partial charge in [-0.25, -0.2) is 4.68 Å². The first-order valence-electron chi connectivity index (χ1n) is 9.20. The second kappa shape index (κ2) is 7.03. The monoisotopic (exact) mass is 355 g/mol. The van der Waals surface area contributed by atoms with E-state index in [2.05, 4.69) is 44.7 Å². The molecule has 26 heavy (non-hydrogen) atoms. The lowest BCUT2D eigenvalue weighted by Gasteiger charge is -2.40. The number of nitrogen functional groups attached to an aromatic ring is 1. The summed E-state index contributed by atoms with van der Waals surface area (Å²) < 4.78 is 1.34. The summed E-state index contributed by atoms with van der Waals surface area (Å²) in [5.74, 6) is 0.159. The molecule has 2 heterocycles. The van der Waals surface area contributed by atoms with E-state index >= 15 is 0 Å². The number of carbonyl (C=O) groups is 1. The first kappa shape index (κ1) is 17.0. The molecule has 0 spiro atoms. The van der Waals surface area contributed by atoms with Crippen LogP contribution in [0.4, 0.5) is 5.95 Å². The Labute approximate surface area is 152 Å². The lowest BCUT2D eigenvalue weighted by Crippen LogP contribution is -2.52. The third-order valence-electron chi connectivity index (χ3n) is 5.76. The van der Waals surface area contributed by atoms with Crippen LogP contribution in [0.25, 0.3) is 0 Å². The molecule has 8 nitrogen and oxygen atoms in total. The minimum Gasteiger partial charge on any atom is -0.367 e. The smallest absolute Gasteiger partial charge is 0.244 e. The van der Waals surface area contributed by atoms with Gasteiger partial charge in [-0.1, -0.05) is 29.4 Å². The standard InChI is InChI=1S/C18H25N7O/c1-23(17(26)12-25-18(19)20-21-22-25)15-7-4-8-24(11-15)16-9-13-5-2-3-6-14(13)10-16/h2-3,5-6,15-16H,4,7-12H2,1H3,(H2,19,20,22)/t15-/m0/s1. The van der Waals surface area contributed by atoms with E-state index in [1.165, 1.54) is 15.8 Å². The number of benzene rings is 1. The van der Waals surface area contributed by atoms with Crippen molar-refractivity contribution in [3.8, 4) is 0 Å². The molecule has 1 atom stereocenters. The maximum absolute atomic E-state index is 12.6. The van der Waals surface area contributed by atoms with E-state index in [9.17, 15) is 4.79 Å². The second-order valence-electron chi connectivity index (χ2n) is 7.32. The molecule has 0 bridgehead atoms. The number of nitrogens with zero attached hydrogens (tertiary/aromatic N) is 6. The highest BCUT2D eigenvalue weighted by Crippen LogP contribution is 2.28. The van der Waals surface area contributed by atoms with Crippen LogP contribution < -0.4 is 5.73 Å². The summed E-state index contributed by atoms with van der Waals surface area (Å²) in [6.45, 7) is 2.11. The number of anilines is 1. The number of rotatable bonds is 4. The fourth-order valence-corrected chi connectivity index (χ4v) is 4.19. The van der Waals surface area contributed by atoms with Crippen LogP contribution in [0, 0.1) is 0 Å². The second-order valence-corrected chi connectivity index (χ2v) is 7.32. The molecule has 138 valence electrons. The van der Waals surface area contributed by atoms with Gasteiger partial charge in [0.05, 0.1) is 0 Å². The van der Waals surface area contributed by atoms with Gasteiger partial charge in [0, 0.05) is 25.7 Å². The Morgan fingerprint density at radius 2 is 2.04 bits per heavy atom. The molecule has 2 aliphatic rings. The van der Waals surface area contributed by atoms with E-state index in [4.69, 9.17) is 5.73 Å². The Morgan fingerprint density at radius 1 is 1.31 bits per heavy atom. The van der Waals surface area contributed by atoms with E-state index < -0.39 is 0 Å². The number of amides is 1. The Bertz CT molecular complexity index is 764. The highest BCUT2D eigenvalue weighted by molar-refractivity contribution is 5.76. The summed E-state index contributed by atoms with van der Waals surface area (Å²) in [5.41, 5.74) is 8.60. The number of aromatic nitrogens is 4. The molecule has 8 heteroatoms. The van der Waals surface area contributed by atoms with Gasteiger partial charge in [0.15, 0.2) is 0 Å². The largest absolute Gasteiger partial charge is 0.367 e. The summed E-state index contributed by atoms with van der Waals surface area (Å²) >= 11 is 0. The lowest BCUT2D eigenvalue weighted by atomic mass is 10.0. The zero-order chi connectivity index (χ0) is 18.1. The third-order valence-corrected chi connectivity index (χ3v) is 5.76. The molecule has 1 aliphatic heterocycles. The van der Waals surface area contributed by atoms with Crippen molar-refractivity contribution in [2.24, 2.45) is 0 Å². The number of carbonyl (C=O) groups excluding carboxylic acids is 1. The zero-order valence-electron chi connectivity index (χ0n) is 15.1. The zero-order valence-corrected chi connectivity index (χ0v) is 15.1. The van der Waals surface area contributed by atoms with Crippen molar-refractivity contribution in [1.29, 1.82) is 0 Å². The first-order valence-corrected chi connectivity index (χ1v) is 9.20. The van der Waals surface area contributed by atoms with E-state index in [-0.39, 0.29) is 24.4 Å². The van der Waals surface area contributed by atoms with E-state index in [0.29, 0.717) is 6.04 Å². The molecule has 2 N–H and O–H groups in total. The molecular formula is C18H25N7O. The normalized spacial score (nSPS) is 20.9. The average Bonchev–Trinajstić information content (AvgIpc) is 3.27. The van der Waals surface area contributed by atoms with Crippen molar-refractivity contribution in [2.45, 2.75) is 44.3 Å². The Balaban J connectivity index is 1.37.